The quantitative estimate of drug-likeness (QED) is 0.170. The summed E-state index contributed by atoms with van der Waals surface area (Å²) < 4.78 is 24.8. The number of rotatable bonds is 10. The van der Waals surface area contributed by atoms with Gasteiger partial charge in [0.25, 0.3) is 6.43 Å². The van der Waals surface area contributed by atoms with E-state index in [9.17, 15) is 18.7 Å². The van der Waals surface area contributed by atoms with Crippen LogP contribution in [0.4, 0.5) is 13.9 Å². The van der Waals surface area contributed by atoms with E-state index >= 15 is 0 Å². The number of carboxylic acid groups (broad SMARTS) is 1. The number of aromatic nitrogens is 1. The first-order chi connectivity index (χ1) is 17.0. The number of benzene rings is 3. The van der Waals surface area contributed by atoms with Crippen LogP contribution in [0.2, 0.25) is 0 Å². The summed E-state index contributed by atoms with van der Waals surface area (Å²) in [4.78, 5) is 20.6. The zero-order valence-electron chi connectivity index (χ0n) is 18.3. The molecule has 0 aliphatic carbocycles. The van der Waals surface area contributed by atoms with E-state index in [1.807, 2.05) is 91.0 Å². The van der Waals surface area contributed by atoms with Gasteiger partial charge in [0.2, 0.25) is 5.71 Å². The van der Waals surface area contributed by atoms with Gasteiger partial charge in [-0.1, -0.05) is 96.2 Å². The SMILES string of the molecule is O=C(O)C(=NOCC(F)F)c1csc(NC(c2ccccc2)(c2ccccc2)c2ccccc2)n1. The van der Waals surface area contributed by atoms with Crippen molar-refractivity contribution in [2.75, 3.05) is 11.9 Å². The number of nitrogens with zero attached hydrogens (tertiary/aromatic N) is 2. The molecule has 0 saturated carbocycles. The summed E-state index contributed by atoms with van der Waals surface area (Å²) in [6, 6.07) is 29.5. The number of aliphatic carboxylic acids is 1. The van der Waals surface area contributed by atoms with Gasteiger partial charge in [-0.2, -0.15) is 0 Å². The molecule has 0 aliphatic heterocycles. The molecule has 2 N–H and O–H groups in total. The number of thiazole rings is 1. The van der Waals surface area contributed by atoms with E-state index in [1.54, 1.807) is 0 Å². The molecule has 3 aromatic carbocycles. The Labute approximate surface area is 204 Å². The van der Waals surface area contributed by atoms with Crippen molar-refractivity contribution in [2.45, 2.75) is 12.0 Å². The fourth-order valence-electron chi connectivity index (χ4n) is 3.73. The average Bonchev–Trinajstić information content (AvgIpc) is 3.34. The molecule has 35 heavy (non-hydrogen) atoms. The van der Waals surface area contributed by atoms with Crippen molar-refractivity contribution in [3.05, 3.63) is 119 Å². The normalized spacial score (nSPS) is 11.9. The smallest absolute Gasteiger partial charge is 0.360 e. The Kier molecular flexibility index (Phi) is 7.47. The summed E-state index contributed by atoms with van der Waals surface area (Å²) in [6.45, 7) is -1.01. The third-order valence-corrected chi connectivity index (χ3v) is 5.98. The highest BCUT2D eigenvalue weighted by molar-refractivity contribution is 7.14. The van der Waals surface area contributed by atoms with Crippen LogP contribution in [0.3, 0.4) is 0 Å². The number of oxime groups is 1. The molecule has 1 aromatic heterocycles. The molecule has 178 valence electrons. The first-order valence-electron chi connectivity index (χ1n) is 10.6. The molecule has 0 unspecified atom stereocenters. The van der Waals surface area contributed by atoms with Crippen LogP contribution >= 0.6 is 11.3 Å². The van der Waals surface area contributed by atoms with Crippen LogP contribution in [0, 0.1) is 0 Å². The molecular formula is C26H21F2N3O3S. The van der Waals surface area contributed by atoms with Gasteiger partial charge in [-0.15, -0.1) is 11.3 Å². The Morgan fingerprint density at radius 1 is 0.943 bits per heavy atom. The van der Waals surface area contributed by atoms with Gasteiger partial charge in [-0.25, -0.2) is 18.6 Å². The second-order valence-corrected chi connectivity index (χ2v) is 8.30. The van der Waals surface area contributed by atoms with Crippen LogP contribution < -0.4 is 5.32 Å². The molecule has 0 bridgehead atoms. The topological polar surface area (TPSA) is 83.8 Å². The lowest BCUT2D eigenvalue weighted by Gasteiger charge is -2.36. The highest BCUT2D eigenvalue weighted by Gasteiger charge is 2.37. The molecule has 4 aromatic rings. The summed E-state index contributed by atoms with van der Waals surface area (Å²) >= 11 is 1.18. The van der Waals surface area contributed by atoms with Gasteiger partial charge in [0, 0.05) is 5.38 Å². The maximum absolute atomic E-state index is 12.4. The second-order valence-electron chi connectivity index (χ2n) is 7.44. The van der Waals surface area contributed by atoms with E-state index in [1.165, 1.54) is 16.7 Å². The Bertz CT molecular complexity index is 1190. The number of carboxylic acids is 1. The monoisotopic (exact) mass is 493 g/mol. The lowest BCUT2D eigenvalue weighted by molar-refractivity contribution is -0.129. The highest BCUT2D eigenvalue weighted by Crippen LogP contribution is 2.40. The molecule has 1 heterocycles. The Morgan fingerprint density at radius 2 is 1.43 bits per heavy atom. The average molecular weight is 494 g/mol. The lowest BCUT2D eigenvalue weighted by Crippen LogP contribution is -2.38. The molecule has 0 aliphatic rings. The fraction of sp³-hybridized carbons (Fsp3) is 0.115. The Hall–Kier alpha value is -4.11. The fourth-order valence-corrected chi connectivity index (χ4v) is 4.49. The van der Waals surface area contributed by atoms with Crippen LogP contribution in [-0.4, -0.2) is 34.8 Å². The number of hydrogen-bond donors (Lipinski definition) is 2. The van der Waals surface area contributed by atoms with Gasteiger partial charge < -0.3 is 15.3 Å². The largest absolute Gasteiger partial charge is 0.476 e. The number of alkyl halides is 2. The maximum atomic E-state index is 12.4. The van der Waals surface area contributed by atoms with E-state index < -0.39 is 30.3 Å². The van der Waals surface area contributed by atoms with Crippen LogP contribution in [0.5, 0.6) is 0 Å². The van der Waals surface area contributed by atoms with E-state index in [2.05, 4.69) is 20.3 Å². The van der Waals surface area contributed by atoms with Gasteiger partial charge >= 0.3 is 5.97 Å². The second kappa shape index (κ2) is 10.9. The van der Waals surface area contributed by atoms with Crippen molar-refractivity contribution in [2.24, 2.45) is 5.16 Å². The molecule has 0 atom stereocenters. The van der Waals surface area contributed by atoms with Gasteiger partial charge in [-0.05, 0) is 16.7 Å². The number of anilines is 1. The number of hydrogen-bond acceptors (Lipinski definition) is 6. The van der Waals surface area contributed by atoms with Crippen LogP contribution in [0.15, 0.2) is 102 Å². The van der Waals surface area contributed by atoms with Crippen molar-refractivity contribution < 1.29 is 23.5 Å². The zero-order chi connectivity index (χ0) is 24.7. The third kappa shape index (κ3) is 5.36. The predicted molar refractivity (Wildman–Crippen MR) is 131 cm³/mol. The standard InChI is InChI=1S/C26H21F2N3O3S/c27-22(28)16-34-31-23(24(32)33)21-17-35-25(29-21)30-26(18-10-4-1-5-11-18,19-12-6-2-7-13-19)20-14-8-3-9-15-20/h1-15,17,22H,16H2,(H,29,30)(H,32,33). The molecule has 4 rings (SSSR count). The van der Waals surface area contributed by atoms with Gasteiger partial charge in [-0.3, -0.25) is 0 Å². The molecule has 0 saturated heterocycles. The molecule has 0 spiro atoms. The van der Waals surface area contributed by atoms with E-state index in [4.69, 9.17) is 0 Å². The van der Waals surface area contributed by atoms with Gasteiger partial charge in [0.1, 0.15) is 11.2 Å². The van der Waals surface area contributed by atoms with Crippen LogP contribution in [0.25, 0.3) is 0 Å². The van der Waals surface area contributed by atoms with Crippen LogP contribution in [0.1, 0.15) is 22.4 Å². The number of carbonyl (C=O) groups is 1. The third-order valence-electron chi connectivity index (χ3n) is 5.22. The summed E-state index contributed by atoms with van der Waals surface area (Å²) in [5.41, 5.74) is 1.43. The predicted octanol–water partition coefficient (Wildman–Crippen LogP) is 5.62. The van der Waals surface area contributed by atoms with E-state index in [0.717, 1.165) is 16.7 Å². The molecule has 6 nitrogen and oxygen atoms in total. The van der Waals surface area contributed by atoms with Crippen molar-refractivity contribution in [3.63, 3.8) is 0 Å². The van der Waals surface area contributed by atoms with E-state index in [-0.39, 0.29) is 5.69 Å². The highest BCUT2D eigenvalue weighted by atomic mass is 32.1. The summed E-state index contributed by atoms with van der Waals surface area (Å²) in [6.07, 6.45) is -2.77. The first kappa shape index (κ1) is 24.0. The molecule has 0 fully saturated rings. The molecular weight excluding hydrogens is 472 g/mol. The van der Waals surface area contributed by atoms with Crippen molar-refractivity contribution >= 4 is 28.1 Å². The Morgan fingerprint density at radius 3 is 1.86 bits per heavy atom. The maximum Gasteiger partial charge on any atom is 0.360 e. The summed E-state index contributed by atoms with van der Waals surface area (Å²) in [5.74, 6) is -1.43. The molecule has 0 amide bonds. The van der Waals surface area contributed by atoms with Crippen molar-refractivity contribution in [3.8, 4) is 0 Å². The zero-order valence-corrected chi connectivity index (χ0v) is 19.2. The molecule has 9 heteroatoms. The number of halogens is 2. The van der Waals surface area contributed by atoms with Gasteiger partial charge in [0.05, 0.1) is 0 Å². The van der Waals surface area contributed by atoms with Gasteiger partial charge in [0.15, 0.2) is 11.7 Å². The summed E-state index contributed by atoms with van der Waals surface area (Å²) in [5, 5.41) is 18.3. The first-order valence-corrected chi connectivity index (χ1v) is 11.5. The molecule has 0 radical (unpaired) electrons. The minimum Gasteiger partial charge on any atom is -0.476 e. The minimum absolute atomic E-state index is 0.00218. The number of nitrogens with one attached hydrogen (secondary N) is 1. The van der Waals surface area contributed by atoms with E-state index in [0.29, 0.717) is 5.13 Å². The Balaban J connectivity index is 1.81. The van der Waals surface area contributed by atoms with Crippen molar-refractivity contribution in [1.82, 2.24) is 4.98 Å². The van der Waals surface area contributed by atoms with Crippen LogP contribution in [-0.2, 0) is 15.2 Å². The summed E-state index contributed by atoms with van der Waals surface area (Å²) in [7, 11) is 0. The van der Waals surface area contributed by atoms with Crippen molar-refractivity contribution in [1.29, 1.82) is 0 Å². The lowest BCUT2D eigenvalue weighted by atomic mass is 9.77. The minimum atomic E-state index is -2.77.